The van der Waals surface area contributed by atoms with Crippen LogP contribution in [-0.2, 0) is 6.42 Å². The summed E-state index contributed by atoms with van der Waals surface area (Å²) < 4.78 is 0. The number of rotatable bonds is 2. The molecule has 1 aromatic rings. The lowest BCUT2D eigenvalue weighted by atomic mass is 9.85. The van der Waals surface area contributed by atoms with E-state index in [0.29, 0.717) is 17.9 Å². The average molecular weight is 217 g/mol. The predicted octanol–water partition coefficient (Wildman–Crippen LogP) is 3.65. The van der Waals surface area contributed by atoms with E-state index in [1.165, 1.54) is 17.5 Å². The molecule has 16 heavy (non-hydrogen) atoms. The number of hydrogen-bond donors (Lipinski definition) is 1. The van der Waals surface area contributed by atoms with Crippen molar-refractivity contribution in [3.05, 3.63) is 34.9 Å². The summed E-state index contributed by atoms with van der Waals surface area (Å²) in [7, 11) is 0. The molecule has 0 saturated heterocycles. The zero-order valence-corrected chi connectivity index (χ0v) is 10.9. The molecule has 0 fully saturated rings. The first kappa shape index (κ1) is 11.7. The maximum atomic E-state index is 3.62. The Balaban J connectivity index is 2.37. The topological polar surface area (TPSA) is 12.0 Å². The molecular weight excluding hydrogens is 194 g/mol. The summed E-state index contributed by atoms with van der Waals surface area (Å²) in [5.41, 5.74) is 4.55. The largest absolute Gasteiger partial charge is 0.309 e. The van der Waals surface area contributed by atoms with E-state index in [4.69, 9.17) is 0 Å². The third kappa shape index (κ3) is 2.15. The van der Waals surface area contributed by atoms with Gasteiger partial charge in [0, 0.05) is 6.04 Å². The molecule has 88 valence electrons. The molecule has 1 aliphatic heterocycles. The fourth-order valence-corrected chi connectivity index (χ4v) is 2.57. The van der Waals surface area contributed by atoms with Crippen LogP contribution in [0.4, 0.5) is 0 Å². The summed E-state index contributed by atoms with van der Waals surface area (Å²) >= 11 is 0. The van der Waals surface area contributed by atoms with Crippen molar-refractivity contribution in [2.24, 2.45) is 5.92 Å². The molecule has 1 N–H and O–H groups in total. The van der Waals surface area contributed by atoms with Crippen molar-refractivity contribution in [3.63, 3.8) is 0 Å². The van der Waals surface area contributed by atoms with Crippen molar-refractivity contribution in [1.29, 1.82) is 0 Å². The number of benzene rings is 1. The zero-order chi connectivity index (χ0) is 11.7. The highest BCUT2D eigenvalue weighted by Crippen LogP contribution is 2.30. The Kier molecular flexibility index (Phi) is 3.34. The minimum absolute atomic E-state index is 0.546. The molecule has 1 nitrogen and oxygen atoms in total. The summed E-state index contributed by atoms with van der Waals surface area (Å²) in [4.78, 5) is 0. The number of fused-ring (bicyclic) bond motifs is 1. The normalized spacial score (nSPS) is 20.2. The molecule has 0 aromatic heterocycles. The van der Waals surface area contributed by atoms with Gasteiger partial charge in [0.2, 0.25) is 0 Å². The Bertz CT molecular complexity index is 366. The van der Waals surface area contributed by atoms with Gasteiger partial charge in [0.25, 0.3) is 0 Å². The first-order valence-electron chi connectivity index (χ1n) is 6.45. The van der Waals surface area contributed by atoms with E-state index >= 15 is 0 Å². The van der Waals surface area contributed by atoms with Crippen LogP contribution in [0.25, 0.3) is 0 Å². The standard InChI is InChI=1S/C15H23N/c1-10(2)12-5-6-14-13(9-12)7-8-16-15(14)11(3)4/h5-6,9-11,15-16H,7-8H2,1-4H3. The molecule has 0 saturated carbocycles. The smallest absolute Gasteiger partial charge is 0.0346 e. The van der Waals surface area contributed by atoms with Crippen molar-refractivity contribution in [1.82, 2.24) is 5.32 Å². The maximum absolute atomic E-state index is 3.62. The van der Waals surface area contributed by atoms with Gasteiger partial charge < -0.3 is 5.32 Å². The highest BCUT2D eigenvalue weighted by molar-refractivity contribution is 5.37. The Hall–Kier alpha value is -0.820. The SMILES string of the molecule is CC(C)c1ccc2c(c1)CCNC2C(C)C. The molecule has 1 atom stereocenters. The second-order valence-corrected chi connectivity index (χ2v) is 5.54. The number of nitrogens with one attached hydrogen (secondary N) is 1. The van der Waals surface area contributed by atoms with Gasteiger partial charge in [0.15, 0.2) is 0 Å². The van der Waals surface area contributed by atoms with Crippen molar-refractivity contribution in [2.45, 2.75) is 46.1 Å². The van der Waals surface area contributed by atoms with Crippen LogP contribution in [0.15, 0.2) is 18.2 Å². The number of hydrogen-bond acceptors (Lipinski definition) is 1. The van der Waals surface area contributed by atoms with Gasteiger partial charge in [-0.2, -0.15) is 0 Å². The lowest BCUT2D eigenvalue weighted by Gasteiger charge is -2.30. The minimum Gasteiger partial charge on any atom is -0.309 e. The van der Waals surface area contributed by atoms with Crippen molar-refractivity contribution >= 4 is 0 Å². The van der Waals surface area contributed by atoms with Crippen LogP contribution in [0, 0.1) is 5.92 Å². The van der Waals surface area contributed by atoms with Crippen LogP contribution in [0.1, 0.15) is 56.3 Å². The maximum Gasteiger partial charge on any atom is 0.0346 e. The summed E-state index contributed by atoms with van der Waals surface area (Å²) in [6.45, 7) is 10.2. The second kappa shape index (κ2) is 4.58. The van der Waals surface area contributed by atoms with Crippen LogP contribution >= 0.6 is 0 Å². The molecule has 0 amide bonds. The van der Waals surface area contributed by atoms with Crippen LogP contribution in [-0.4, -0.2) is 6.54 Å². The Morgan fingerprint density at radius 3 is 2.56 bits per heavy atom. The molecular formula is C15H23N. The molecule has 0 aliphatic carbocycles. The summed E-state index contributed by atoms with van der Waals surface area (Å²) in [6.07, 6.45) is 1.18. The van der Waals surface area contributed by atoms with Gasteiger partial charge in [-0.05, 0) is 41.5 Å². The average Bonchev–Trinajstić information content (AvgIpc) is 2.27. The summed E-state index contributed by atoms with van der Waals surface area (Å²) in [5.74, 6) is 1.31. The zero-order valence-electron chi connectivity index (χ0n) is 10.9. The first-order valence-corrected chi connectivity index (χ1v) is 6.45. The lowest BCUT2D eigenvalue weighted by molar-refractivity contribution is 0.395. The van der Waals surface area contributed by atoms with Gasteiger partial charge in [-0.15, -0.1) is 0 Å². The molecule has 1 heterocycles. The molecule has 0 bridgehead atoms. The Morgan fingerprint density at radius 2 is 1.94 bits per heavy atom. The van der Waals surface area contributed by atoms with Crippen LogP contribution in [0.5, 0.6) is 0 Å². The van der Waals surface area contributed by atoms with E-state index in [9.17, 15) is 0 Å². The lowest BCUT2D eigenvalue weighted by Crippen LogP contribution is -2.33. The third-order valence-corrected chi connectivity index (χ3v) is 3.59. The van der Waals surface area contributed by atoms with Crippen molar-refractivity contribution < 1.29 is 0 Å². The fraction of sp³-hybridized carbons (Fsp3) is 0.600. The summed E-state index contributed by atoms with van der Waals surface area (Å²) in [6, 6.07) is 7.59. The molecule has 1 aromatic carbocycles. The van der Waals surface area contributed by atoms with Crippen molar-refractivity contribution in [3.8, 4) is 0 Å². The Morgan fingerprint density at radius 1 is 1.19 bits per heavy atom. The monoisotopic (exact) mass is 217 g/mol. The highest BCUT2D eigenvalue weighted by Gasteiger charge is 2.22. The Labute approximate surface area is 99.3 Å². The molecule has 0 radical (unpaired) electrons. The van der Waals surface area contributed by atoms with E-state index in [2.05, 4.69) is 51.2 Å². The molecule has 1 unspecified atom stereocenters. The van der Waals surface area contributed by atoms with Gasteiger partial charge >= 0.3 is 0 Å². The van der Waals surface area contributed by atoms with E-state index in [0.717, 1.165) is 6.54 Å². The van der Waals surface area contributed by atoms with Gasteiger partial charge in [-0.3, -0.25) is 0 Å². The van der Waals surface area contributed by atoms with E-state index < -0.39 is 0 Å². The van der Waals surface area contributed by atoms with Crippen LogP contribution in [0.3, 0.4) is 0 Å². The predicted molar refractivity (Wildman–Crippen MR) is 69.8 cm³/mol. The van der Waals surface area contributed by atoms with Crippen molar-refractivity contribution in [2.75, 3.05) is 6.54 Å². The van der Waals surface area contributed by atoms with E-state index in [1.807, 2.05) is 0 Å². The third-order valence-electron chi connectivity index (χ3n) is 3.59. The van der Waals surface area contributed by atoms with Gasteiger partial charge in [0.05, 0.1) is 0 Å². The second-order valence-electron chi connectivity index (χ2n) is 5.54. The van der Waals surface area contributed by atoms with E-state index in [1.54, 1.807) is 5.56 Å². The first-order chi connectivity index (χ1) is 7.59. The van der Waals surface area contributed by atoms with E-state index in [-0.39, 0.29) is 0 Å². The molecule has 0 spiro atoms. The highest BCUT2D eigenvalue weighted by atomic mass is 14.9. The van der Waals surface area contributed by atoms with Crippen LogP contribution in [0.2, 0.25) is 0 Å². The summed E-state index contributed by atoms with van der Waals surface area (Å²) in [5, 5.41) is 3.62. The van der Waals surface area contributed by atoms with Gasteiger partial charge in [-0.25, -0.2) is 0 Å². The van der Waals surface area contributed by atoms with Gasteiger partial charge in [0.1, 0.15) is 0 Å². The molecule has 1 heteroatoms. The fourth-order valence-electron chi connectivity index (χ4n) is 2.57. The minimum atomic E-state index is 0.546. The quantitative estimate of drug-likeness (QED) is 0.797. The molecule has 1 aliphatic rings. The van der Waals surface area contributed by atoms with Gasteiger partial charge in [-0.1, -0.05) is 45.9 Å². The molecule has 2 rings (SSSR count). The van der Waals surface area contributed by atoms with Crippen LogP contribution < -0.4 is 5.32 Å².